The van der Waals surface area contributed by atoms with Gasteiger partial charge in [-0.3, -0.25) is 0 Å². The summed E-state index contributed by atoms with van der Waals surface area (Å²) in [6.07, 6.45) is 20.5. The van der Waals surface area contributed by atoms with Crippen molar-refractivity contribution >= 4 is 0 Å². The number of unbranched alkanes of at least 4 members (excludes halogenated alkanes) is 13. The number of rotatable bonds is 16. The Labute approximate surface area is 150 Å². The van der Waals surface area contributed by atoms with E-state index in [1.54, 1.807) is 0 Å². The van der Waals surface area contributed by atoms with Crippen LogP contribution in [0.2, 0.25) is 0 Å². The van der Waals surface area contributed by atoms with Crippen LogP contribution in [-0.4, -0.2) is 37.1 Å². The second-order valence-electron chi connectivity index (χ2n) is 7.39. The summed E-state index contributed by atoms with van der Waals surface area (Å²) in [5.41, 5.74) is 0. The Morgan fingerprint density at radius 1 is 0.625 bits per heavy atom. The quantitative estimate of drug-likeness (QED) is 0.369. The summed E-state index contributed by atoms with van der Waals surface area (Å²) in [6.45, 7) is 3.67. The zero-order chi connectivity index (χ0) is 17.3. The third-order valence-corrected chi connectivity index (χ3v) is 5.18. The number of aliphatic hydroxyl groups excluding tert-OH is 1. The van der Waals surface area contributed by atoms with Gasteiger partial charge in [0, 0.05) is 0 Å². The molecule has 2 atom stereocenters. The Balaban J connectivity index is 1.77. The lowest BCUT2D eigenvalue weighted by Gasteiger charge is -2.30. The fourth-order valence-electron chi connectivity index (χ4n) is 3.59. The highest BCUT2D eigenvalue weighted by molar-refractivity contribution is 4.73. The van der Waals surface area contributed by atoms with E-state index >= 15 is 0 Å². The molecule has 0 aromatic carbocycles. The molecule has 1 rings (SSSR count). The molecule has 1 fully saturated rings. The minimum atomic E-state index is -0.0966. The molecule has 0 saturated carbocycles. The van der Waals surface area contributed by atoms with Gasteiger partial charge < -0.3 is 14.6 Å². The van der Waals surface area contributed by atoms with E-state index in [-0.39, 0.29) is 18.8 Å². The van der Waals surface area contributed by atoms with Gasteiger partial charge in [-0.05, 0) is 6.42 Å². The van der Waals surface area contributed by atoms with Crippen molar-refractivity contribution in [2.45, 2.75) is 115 Å². The Morgan fingerprint density at radius 3 is 1.50 bits per heavy atom. The van der Waals surface area contributed by atoms with Gasteiger partial charge in [-0.2, -0.15) is 0 Å². The van der Waals surface area contributed by atoms with E-state index in [1.807, 2.05) is 0 Å². The second-order valence-corrected chi connectivity index (χ2v) is 7.39. The number of hydrogen-bond acceptors (Lipinski definition) is 3. The van der Waals surface area contributed by atoms with Crippen molar-refractivity contribution in [1.29, 1.82) is 0 Å². The maximum atomic E-state index is 9.27. The normalized spacial score (nSPS) is 21.2. The summed E-state index contributed by atoms with van der Waals surface area (Å²) in [7, 11) is 0. The van der Waals surface area contributed by atoms with Crippen molar-refractivity contribution in [2.24, 2.45) is 0 Å². The Kier molecular flexibility index (Phi) is 14.9. The zero-order valence-electron chi connectivity index (χ0n) is 16.1. The first-order valence-electron chi connectivity index (χ1n) is 10.7. The predicted octanol–water partition coefficient (Wildman–Crippen LogP) is 5.63. The third kappa shape index (κ3) is 11.4. The molecule has 0 aromatic heterocycles. The highest BCUT2D eigenvalue weighted by atomic mass is 16.6. The van der Waals surface area contributed by atoms with E-state index in [4.69, 9.17) is 9.47 Å². The molecule has 3 heteroatoms. The monoisotopic (exact) mass is 342 g/mol. The minimum absolute atomic E-state index is 0.0866. The lowest BCUT2D eigenvalue weighted by molar-refractivity contribution is -0.155. The van der Waals surface area contributed by atoms with E-state index in [9.17, 15) is 5.11 Å². The van der Waals surface area contributed by atoms with Crippen LogP contribution in [0, 0.1) is 0 Å². The van der Waals surface area contributed by atoms with Crippen LogP contribution in [0.25, 0.3) is 0 Å². The van der Waals surface area contributed by atoms with Crippen molar-refractivity contribution in [3.63, 3.8) is 0 Å². The molecule has 0 aliphatic carbocycles. The molecule has 1 saturated heterocycles. The lowest BCUT2D eigenvalue weighted by atomic mass is 10.0. The van der Waals surface area contributed by atoms with E-state index < -0.39 is 0 Å². The topological polar surface area (TPSA) is 38.7 Å². The van der Waals surface area contributed by atoms with Crippen LogP contribution in [-0.2, 0) is 9.47 Å². The number of ether oxygens (including phenoxy) is 2. The molecule has 1 N–H and O–H groups in total. The molecule has 24 heavy (non-hydrogen) atoms. The first-order chi connectivity index (χ1) is 11.9. The molecule has 0 aromatic rings. The van der Waals surface area contributed by atoms with Crippen LogP contribution in [0.5, 0.6) is 0 Å². The molecule has 0 bridgehead atoms. The van der Waals surface area contributed by atoms with Crippen LogP contribution in [0.3, 0.4) is 0 Å². The number of hydrogen-bond donors (Lipinski definition) is 1. The van der Waals surface area contributed by atoms with Gasteiger partial charge in [0.2, 0.25) is 0 Å². The molecule has 1 aliphatic rings. The highest BCUT2D eigenvalue weighted by Gasteiger charge is 2.25. The largest absolute Gasteiger partial charge is 0.394 e. The van der Waals surface area contributed by atoms with Crippen LogP contribution in [0.15, 0.2) is 0 Å². The zero-order valence-corrected chi connectivity index (χ0v) is 16.1. The minimum Gasteiger partial charge on any atom is -0.394 e. The molecule has 0 spiro atoms. The first kappa shape index (κ1) is 21.9. The summed E-state index contributed by atoms with van der Waals surface area (Å²) in [6, 6.07) is 0. The molecule has 0 amide bonds. The summed E-state index contributed by atoms with van der Waals surface area (Å²) < 4.78 is 11.2. The van der Waals surface area contributed by atoms with Crippen LogP contribution in [0.1, 0.15) is 103 Å². The van der Waals surface area contributed by atoms with Crippen LogP contribution < -0.4 is 0 Å². The van der Waals surface area contributed by atoms with Gasteiger partial charge in [0.15, 0.2) is 0 Å². The van der Waals surface area contributed by atoms with E-state index in [0.29, 0.717) is 13.2 Å². The first-order valence-corrected chi connectivity index (χ1v) is 10.7. The Bertz CT molecular complexity index is 257. The van der Waals surface area contributed by atoms with E-state index in [1.165, 1.54) is 89.9 Å². The van der Waals surface area contributed by atoms with Gasteiger partial charge in [-0.1, -0.05) is 96.8 Å². The van der Waals surface area contributed by atoms with Gasteiger partial charge in [0.1, 0.15) is 6.10 Å². The van der Waals surface area contributed by atoms with Gasteiger partial charge >= 0.3 is 0 Å². The summed E-state index contributed by atoms with van der Waals surface area (Å²) >= 11 is 0. The SMILES string of the molecule is CCCCCCCCCCCCCCCC[C@H]1OCCO[C@@H]1CO. The van der Waals surface area contributed by atoms with Crippen LogP contribution in [0.4, 0.5) is 0 Å². The third-order valence-electron chi connectivity index (χ3n) is 5.18. The lowest BCUT2D eigenvalue weighted by Crippen LogP contribution is -2.40. The summed E-state index contributed by atoms with van der Waals surface area (Å²) in [5, 5.41) is 9.27. The van der Waals surface area contributed by atoms with Crippen molar-refractivity contribution in [1.82, 2.24) is 0 Å². The van der Waals surface area contributed by atoms with Gasteiger partial charge in [0.05, 0.1) is 25.9 Å². The fourth-order valence-corrected chi connectivity index (χ4v) is 3.59. The van der Waals surface area contributed by atoms with E-state index in [2.05, 4.69) is 6.92 Å². The molecule has 144 valence electrons. The average Bonchev–Trinajstić information content (AvgIpc) is 2.62. The van der Waals surface area contributed by atoms with Crippen molar-refractivity contribution < 1.29 is 14.6 Å². The van der Waals surface area contributed by atoms with E-state index in [0.717, 1.165) is 6.42 Å². The van der Waals surface area contributed by atoms with Crippen LogP contribution >= 0.6 is 0 Å². The standard InChI is InChI=1S/C21H42O3/c1-2-3-4-5-6-7-8-9-10-11-12-13-14-15-16-20-21(19-22)24-18-17-23-20/h20-22H,2-19H2,1H3/t20-,21-/m1/s1. The molecular weight excluding hydrogens is 300 g/mol. The maximum absolute atomic E-state index is 9.27. The average molecular weight is 343 g/mol. The van der Waals surface area contributed by atoms with Gasteiger partial charge in [-0.15, -0.1) is 0 Å². The van der Waals surface area contributed by atoms with Gasteiger partial charge in [-0.25, -0.2) is 0 Å². The Morgan fingerprint density at radius 2 is 1.04 bits per heavy atom. The summed E-state index contributed by atoms with van der Waals surface area (Å²) in [5.74, 6) is 0. The smallest absolute Gasteiger partial charge is 0.107 e. The number of aliphatic hydroxyl groups is 1. The molecular formula is C21H42O3. The molecule has 1 heterocycles. The van der Waals surface area contributed by atoms with Crippen molar-refractivity contribution in [3.8, 4) is 0 Å². The fraction of sp³-hybridized carbons (Fsp3) is 1.00. The van der Waals surface area contributed by atoms with Crippen molar-refractivity contribution in [2.75, 3.05) is 19.8 Å². The molecule has 0 unspecified atom stereocenters. The molecule has 1 aliphatic heterocycles. The highest BCUT2D eigenvalue weighted by Crippen LogP contribution is 2.18. The van der Waals surface area contributed by atoms with Gasteiger partial charge in [0.25, 0.3) is 0 Å². The molecule has 3 nitrogen and oxygen atoms in total. The second kappa shape index (κ2) is 16.4. The van der Waals surface area contributed by atoms with Crippen molar-refractivity contribution in [3.05, 3.63) is 0 Å². The summed E-state index contributed by atoms with van der Waals surface area (Å²) in [4.78, 5) is 0. The maximum Gasteiger partial charge on any atom is 0.107 e. The molecule has 0 radical (unpaired) electrons. The Hall–Kier alpha value is -0.120. The predicted molar refractivity (Wildman–Crippen MR) is 101 cm³/mol.